The predicted octanol–water partition coefficient (Wildman–Crippen LogP) is 0.715. The third-order valence-corrected chi connectivity index (χ3v) is 4.13. The molecule has 0 bridgehead atoms. The number of nitrogens with zero attached hydrogens (tertiary/aromatic N) is 3. The van der Waals surface area contributed by atoms with E-state index in [1.807, 2.05) is 0 Å². The van der Waals surface area contributed by atoms with E-state index >= 15 is 0 Å². The van der Waals surface area contributed by atoms with Crippen LogP contribution in [0.4, 0.5) is 0 Å². The van der Waals surface area contributed by atoms with Gasteiger partial charge in [0, 0.05) is 50.8 Å². The Hall–Kier alpha value is -0.120. The highest BCUT2D eigenvalue weighted by molar-refractivity contribution is 4.92. The van der Waals surface area contributed by atoms with Crippen molar-refractivity contribution in [1.82, 2.24) is 14.7 Å². The topological polar surface area (TPSA) is 9.72 Å². The van der Waals surface area contributed by atoms with Gasteiger partial charge in [-0.15, -0.1) is 0 Å². The minimum absolute atomic E-state index is 0.728. The van der Waals surface area contributed by atoms with Gasteiger partial charge in [-0.2, -0.15) is 0 Å². The summed E-state index contributed by atoms with van der Waals surface area (Å²) >= 11 is 0. The zero-order valence-electron chi connectivity index (χ0n) is 10.6. The summed E-state index contributed by atoms with van der Waals surface area (Å²) in [7, 11) is 2.24. The van der Waals surface area contributed by atoms with E-state index in [0.29, 0.717) is 0 Å². The zero-order valence-corrected chi connectivity index (χ0v) is 10.6. The molecule has 0 N–H and O–H groups in total. The molecule has 2 heterocycles. The van der Waals surface area contributed by atoms with Crippen molar-refractivity contribution >= 4 is 0 Å². The van der Waals surface area contributed by atoms with Crippen molar-refractivity contribution in [3.05, 3.63) is 0 Å². The van der Waals surface area contributed by atoms with Crippen molar-refractivity contribution in [3.8, 4) is 0 Å². The molecule has 0 aromatic rings. The molecule has 2 saturated heterocycles. The van der Waals surface area contributed by atoms with E-state index in [-0.39, 0.29) is 0 Å². The zero-order chi connectivity index (χ0) is 11.0. The van der Waals surface area contributed by atoms with Crippen molar-refractivity contribution < 1.29 is 0 Å². The lowest BCUT2D eigenvalue weighted by molar-refractivity contribution is -0.0190. The van der Waals surface area contributed by atoms with Gasteiger partial charge in [0.15, 0.2) is 0 Å². The molecule has 0 saturated carbocycles. The molecule has 0 aromatic heterocycles. The number of likely N-dealkylation sites (tertiary alicyclic amines) is 1. The lowest BCUT2D eigenvalue weighted by Crippen LogP contribution is -2.65. The van der Waals surface area contributed by atoms with E-state index in [0.717, 1.165) is 18.1 Å². The summed E-state index contributed by atoms with van der Waals surface area (Å²) in [5.41, 5.74) is 0. The molecule has 0 aromatic carbocycles. The molecular weight excluding hydrogens is 186 g/mol. The highest BCUT2D eigenvalue weighted by atomic mass is 15.4. The summed E-state index contributed by atoms with van der Waals surface area (Å²) in [5, 5.41) is 0. The predicted molar refractivity (Wildman–Crippen MR) is 64.2 cm³/mol. The summed E-state index contributed by atoms with van der Waals surface area (Å²) in [6, 6.07) is 2.29. The summed E-state index contributed by atoms with van der Waals surface area (Å²) in [4.78, 5) is 7.71. The minimum Gasteiger partial charge on any atom is -0.301 e. The number of hydrogen-bond acceptors (Lipinski definition) is 3. The number of piperazine rings is 1. The van der Waals surface area contributed by atoms with Gasteiger partial charge >= 0.3 is 0 Å². The molecule has 2 fully saturated rings. The molecule has 3 nitrogen and oxygen atoms in total. The number of rotatable bonds is 2. The van der Waals surface area contributed by atoms with E-state index in [9.17, 15) is 0 Å². The highest BCUT2D eigenvalue weighted by Crippen LogP contribution is 2.20. The van der Waals surface area contributed by atoms with Crippen LogP contribution in [-0.2, 0) is 0 Å². The van der Waals surface area contributed by atoms with Crippen LogP contribution in [0.5, 0.6) is 0 Å². The van der Waals surface area contributed by atoms with Gasteiger partial charge in [-0.05, 0) is 27.8 Å². The maximum Gasteiger partial charge on any atom is 0.0351 e. The lowest BCUT2D eigenvalue weighted by atomic mass is 10.0. The molecule has 0 amide bonds. The molecule has 88 valence electrons. The Balaban J connectivity index is 1.77. The van der Waals surface area contributed by atoms with Crippen LogP contribution in [-0.4, -0.2) is 72.6 Å². The normalized spacial score (nSPS) is 32.2. The molecule has 0 spiro atoms. The third kappa shape index (κ3) is 2.35. The van der Waals surface area contributed by atoms with Gasteiger partial charge in [0.05, 0.1) is 0 Å². The monoisotopic (exact) mass is 211 g/mol. The molecule has 2 aliphatic rings. The summed E-state index contributed by atoms with van der Waals surface area (Å²) < 4.78 is 0. The summed E-state index contributed by atoms with van der Waals surface area (Å²) in [6.45, 7) is 13.3. The molecule has 1 atom stereocenters. The molecule has 2 aliphatic heterocycles. The maximum absolute atomic E-state index is 2.68. The Morgan fingerprint density at radius 1 is 1.07 bits per heavy atom. The van der Waals surface area contributed by atoms with Crippen molar-refractivity contribution in [2.45, 2.75) is 38.9 Å². The Kier molecular flexibility index (Phi) is 3.33. The Bertz CT molecular complexity index is 211. The maximum atomic E-state index is 2.68. The van der Waals surface area contributed by atoms with Crippen LogP contribution in [0.15, 0.2) is 0 Å². The fourth-order valence-electron chi connectivity index (χ4n) is 2.55. The van der Waals surface area contributed by atoms with E-state index < -0.39 is 0 Å². The van der Waals surface area contributed by atoms with Gasteiger partial charge in [-0.1, -0.05) is 0 Å². The molecule has 3 heteroatoms. The third-order valence-electron chi connectivity index (χ3n) is 4.13. The summed E-state index contributed by atoms with van der Waals surface area (Å²) in [5.74, 6) is 0. The number of hydrogen-bond donors (Lipinski definition) is 0. The Morgan fingerprint density at radius 2 is 1.73 bits per heavy atom. The van der Waals surface area contributed by atoms with Gasteiger partial charge in [-0.3, -0.25) is 9.80 Å². The SMILES string of the molecule is CC(C)N1CC(N2CCN(C)[C@H](C)C2)C1. The van der Waals surface area contributed by atoms with Crippen LogP contribution < -0.4 is 0 Å². The fourth-order valence-corrected chi connectivity index (χ4v) is 2.55. The molecule has 0 aliphatic carbocycles. The van der Waals surface area contributed by atoms with E-state index in [1.165, 1.54) is 32.7 Å². The minimum atomic E-state index is 0.728. The van der Waals surface area contributed by atoms with Gasteiger partial charge in [0.2, 0.25) is 0 Å². The Labute approximate surface area is 94.0 Å². The van der Waals surface area contributed by atoms with Gasteiger partial charge in [0.25, 0.3) is 0 Å². The first-order valence-corrected chi connectivity index (χ1v) is 6.26. The lowest BCUT2D eigenvalue weighted by Gasteiger charge is -2.50. The first kappa shape index (κ1) is 11.4. The quantitative estimate of drug-likeness (QED) is 0.666. The highest BCUT2D eigenvalue weighted by Gasteiger charge is 2.35. The summed E-state index contributed by atoms with van der Waals surface area (Å²) in [6.07, 6.45) is 0. The largest absolute Gasteiger partial charge is 0.301 e. The smallest absolute Gasteiger partial charge is 0.0351 e. The van der Waals surface area contributed by atoms with Gasteiger partial charge in [-0.25, -0.2) is 0 Å². The second-order valence-corrected chi connectivity index (χ2v) is 5.53. The molecule has 0 radical (unpaired) electrons. The van der Waals surface area contributed by atoms with Crippen molar-refractivity contribution in [1.29, 1.82) is 0 Å². The van der Waals surface area contributed by atoms with E-state index in [2.05, 4.69) is 42.5 Å². The van der Waals surface area contributed by atoms with Crippen molar-refractivity contribution in [3.63, 3.8) is 0 Å². The van der Waals surface area contributed by atoms with E-state index in [1.54, 1.807) is 0 Å². The van der Waals surface area contributed by atoms with Crippen LogP contribution in [0.2, 0.25) is 0 Å². The van der Waals surface area contributed by atoms with Gasteiger partial charge < -0.3 is 4.90 Å². The number of likely N-dealkylation sites (N-methyl/N-ethyl adjacent to an activating group) is 1. The molecule has 15 heavy (non-hydrogen) atoms. The van der Waals surface area contributed by atoms with Crippen LogP contribution in [0, 0.1) is 0 Å². The second kappa shape index (κ2) is 4.40. The van der Waals surface area contributed by atoms with Crippen LogP contribution >= 0.6 is 0 Å². The van der Waals surface area contributed by atoms with E-state index in [4.69, 9.17) is 0 Å². The van der Waals surface area contributed by atoms with Crippen LogP contribution in [0.3, 0.4) is 0 Å². The van der Waals surface area contributed by atoms with Crippen molar-refractivity contribution in [2.75, 3.05) is 39.8 Å². The van der Waals surface area contributed by atoms with Crippen molar-refractivity contribution in [2.24, 2.45) is 0 Å². The second-order valence-electron chi connectivity index (χ2n) is 5.53. The average Bonchev–Trinajstić information content (AvgIpc) is 2.08. The van der Waals surface area contributed by atoms with Crippen LogP contribution in [0.25, 0.3) is 0 Å². The molecular formula is C12H25N3. The Morgan fingerprint density at radius 3 is 2.27 bits per heavy atom. The molecule has 2 rings (SSSR count). The fraction of sp³-hybridized carbons (Fsp3) is 1.00. The first-order chi connectivity index (χ1) is 7.08. The first-order valence-electron chi connectivity index (χ1n) is 6.26. The standard InChI is InChI=1S/C12H25N3/c1-10(2)15-8-12(9-15)14-6-5-13(4)11(3)7-14/h10-12H,5-9H2,1-4H3/t11-/m1/s1. The van der Waals surface area contributed by atoms with Crippen LogP contribution in [0.1, 0.15) is 20.8 Å². The average molecular weight is 211 g/mol. The molecule has 0 unspecified atom stereocenters. The van der Waals surface area contributed by atoms with Gasteiger partial charge in [0.1, 0.15) is 0 Å².